The van der Waals surface area contributed by atoms with Gasteiger partial charge in [0.15, 0.2) is 0 Å². The van der Waals surface area contributed by atoms with Gasteiger partial charge in [0.2, 0.25) is 5.13 Å². The van der Waals surface area contributed by atoms with E-state index in [2.05, 4.69) is 10.2 Å². The van der Waals surface area contributed by atoms with Crippen LogP contribution in [0.2, 0.25) is 0 Å². The number of aromatic nitrogens is 2. The van der Waals surface area contributed by atoms with E-state index in [0.717, 1.165) is 5.01 Å². The van der Waals surface area contributed by atoms with E-state index < -0.39 is 12.1 Å². The third kappa shape index (κ3) is 2.93. The summed E-state index contributed by atoms with van der Waals surface area (Å²) < 4.78 is 38.1. The van der Waals surface area contributed by atoms with Crippen molar-refractivity contribution in [1.29, 1.82) is 0 Å². The molecular formula is C11H16F3N3S. The molecule has 102 valence electrons. The molecule has 7 heteroatoms. The number of nitrogens with zero attached hydrogens (tertiary/aromatic N) is 3. The zero-order valence-electron chi connectivity index (χ0n) is 10.4. The normalized spacial score (nSPS) is 21.7. The standard InChI is InChI=1S/C11H16F3N3S/c1-7(2)9-15-16-10(18-9)17-5-3-4-8(6-17)11(12,13)14/h7-8H,3-6H2,1-2H3. The number of hydrogen-bond acceptors (Lipinski definition) is 4. The highest BCUT2D eigenvalue weighted by atomic mass is 32.1. The number of anilines is 1. The molecule has 1 atom stereocenters. The smallest absolute Gasteiger partial charge is 0.346 e. The Labute approximate surface area is 108 Å². The number of piperidine rings is 1. The first-order valence-corrected chi connectivity index (χ1v) is 6.84. The molecule has 2 heterocycles. The summed E-state index contributed by atoms with van der Waals surface area (Å²) in [6, 6.07) is 0. The van der Waals surface area contributed by atoms with Gasteiger partial charge in [-0.15, -0.1) is 10.2 Å². The molecule has 1 aliphatic heterocycles. The number of alkyl halides is 3. The highest BCUT2D eigenvalue weighted by molar-refractivity contribution is 7.15. The summed E-state index contributed by atoms with van der Waals surface area (Å²) in [5, 5.41) is 9.52. The first kappa shape index (κ1) is 13.6. The molecule has 0 bridgehead atoms. The molecule has 0 radical (unpaired) electrons. The van der Waals surface area contributed by atoms with Gasteiger partial charge in [-0.2, -0.15) is 13.2 Å². The lowest BCUT2D eigenvalue weighted by Gasteiger charge is -2.33. The molecule has 0 spiro atoms. The van der Waals surface area contributed by atoms with Crippen molar-refractivity contribution < 1.29 is 13.2 Å². The monoisotopic (exact) mass is 279 g/mol. The van der Waals surface area contributed by atoms with Gasteiger partial charge in [-0.1, -0.05) is 25.2 Å². The van der Waals surface area contributed by atoms with Gasteiger partial charge >= 0.3 is 6.18 Å². The first-order chi connectivity index (χ1) is 8.38. The number of hydrogen-bond donors (Lipinski definition) is 0. The Morgan fingerprint density at radius 3 is 2.61 bits per heavy atom. The molecule has 1 unspecified atom stereocenters. The maximum absolute atomic E-state index is 12.7. The lowest BCUT2D eigenvalue weighted by Crippen LogP contribution is -2.41. The topological polar surface area (TPSA) is 29.0 Å². The van der Waals surface area contributed by atoms with Crippen LogP contribution in [0.5, 0.6) is 0 Å². The minimum absolute atomic E-state index is 0.0101. The molecular weight excluding hydrogens is 263 g/mol. The van der Waals surface area contributed by atoms with E-state index in [4.69, 9.17) is 0 Å². The number of rotatable bonds is 2. The molecule has 0 aromatic carbocycles. The van der Waals surface area contributed by atoms with Crippen molar-refractivity contribution in [2.75, 3.05) is 18.0 Å². The lowest BCUT2D eigenvalue weighted by atomic mass is 9.98. The predicted molar refractivity (Wildman–Crippen MR) is 65.0 cm³/mol. The average molecular weight is 279 g/mol. The van der Waals surface area contributed by atoms with Crippen LogP contribution >= 0.6 is 11.3 Å². The van der Waals surface area contributed by atoms with Crippen LogP contribution in [-0.4, -0.2) is 29.5 Å². The van der Waals surface area contributed by atoms with Crippen LogP contribution in [0.15, 0.2) is 0 Å². The Morgan fingerprint density at radius 1 is 1.33 bits per heavy atom. The quantitative estimate of drug-likeness (QED) is 0.830. The van der Waals surface area contributed by atoms with Crippen molar-refractivity contribution in [2.24, 2.45) is 5.92 Å². The SMILES string of the molecule is CC(C)c1nnc(N2CCCC(C(F)(F)F)C2)s1. The van der Waals surface area contributed by atoms with E-state index in [1.54, 1.807) is 4.90 Å². The maximum Gasteiger partial charge on any atom is 0.393 e. The van der Waals surface area contributed by atoms with Crippen molar-refractivity contribution in [3.63, 3.8) is 0 Å². The summed E-state index contributed by atoms with van der Waals surface area (Å²) in [5.74, 6) is -0.975. The van der Waals surface area contributed by atoms with Crippen LogP contribution in [0.3, 0.4) is 0 Å². The molecule has 1 fully saturated rings. The number of halogens is 3. The molecule has 0 aliphatic carbocycles. The highest BCUT2D eigenvalue weighted by Crippen LogP contribution is 2.36. The molecule has 0 saturated carbocycles. The third-order valence-electron chi connectivity index (χ3n) is 3.08. The van der Waals surface area contributed by atoms with Crippen LogP contribution < -0.4 is 4.90 Å². The highest BCUT2D eigenvalue weighted by Gasteiger charge is 2.42. The summed E-state index contributed by atoms with van der Waals surface area (Å²) >= 11 is 1.40. The van der Waals surface area contributed by atoms with Gasteiger partial charge in [0.25, 0.3) is 0 Å². The van der Waals surface area contributed by atoms with E-state index in [-0.39, 0.29) is 18.9 Å². The molecule has 1 saturated heterocycles. The Hall–Kier alpha value is -0.850. The summed E-state index contributed by atoms with van der Waals surface area (Å²) in [5.41, 5.74) is 0. The molecule has 3 nitrogen and oxygen atoms in total. The Morgan fingerprint density at radius 2 is 2.06 bits per heavy atom. The molecule has 1 aromatic heterocycles. The van der Waals surface area contributed by atoms with E-state index in [9.17, 15) is 13.2 Å². The molecule has 18 heavy (non-hydrogen) atoms. The van der Waals surface area contributed by atoms with Gasteiger partial charge in [-0.3, -0.25) is 0 Å². The van der Waals surface area contributed by atoms with Crippen molar-refractivity contribution in [1.82, 2.24) is 10.2 Å². The zero-order valence-corrected chi connectivity index (χ0v) is 11.2. The van der Waals surface area contributed by atoms with Crippen LogP contribution in [0.25, 0.3) is 0 Å². The average Bonchev–Trinajstić information content (AvgIpc) is 2.77. The molecule has 0 amide bonds. The zero-order chi connectivity index (χ0) is 13.3. The summed E-state index contributed by atoms with van der Waals surface area (Å²) in [4.78, 5) is 1.71. The van der Waals surface area contributed by atoms with Crippen molar-refractivity contribution in [3.8, 4) is 0 Å². The summed E-state index contributed by atoms with van der Waals surface area (Å²) in [6.45, 7) is 4.65. The van der Waals surface area contributed by atoms with Crippen LogP contribution in [0.1, 0.15) is 37.6 Å². The minimum atomic E-state index is -4.11. The molecule has 2 rings (SSSR count). The second-order valence-electron chi connectivity index (χ2n) is 4.90. The second-order valence-corrected chi connectivity index (χ2v) is 5.89. The predicted octanol–water partition coefficient (Wildman–Crippen LogP) is 3.44. The largest absolute Gasteiger partial charge is 0.393 e. The van der Waals surface area contributed by atoms with Crippen molar-refractivity contribution in [3.05, 3.63) is 5.01 Å². The van der Waals surface area contributed by atoms with Gasteiger partial charge in [0, 0.05) is 19.0 Å². The van der Waals surface area contributed by atoms with Crippen molar-refractivity contribution >= 4 is 16.5 Å². The Kier molecular flexibility index (Phi) is 3.79. The third-order valence-corrected chi connectivity index (χ3v) is 4.36. The van der Waals surface area contributed by atoms with Crippen LogP contribution in [0, 0.1) is 5.92 Å². The Bertz CT molecular complexity index is 402. The van der Waals surface area contributed by atoms with Gasteiger partial charge in [-0.05, 0) is 12.8 Å². The summed E-state index contributed by atoms with van der Waals surface area (Å²) in [6.07, 6.45) is -3.33. The van der Waals surface area contributed by atoms with E-state index in [1.807, 2.05) is 13.8 Å². The summed E-state index contributed by atoms with van der Waals surface area (Å²) in [7, 11) is 0. The van der Waals surface area contributed by atoms with E-state index in [0.29, 0.717) is 18.1 Å². The maximum atomic E-state index is 12.7. The van der Waals surface area contributed by atoms with Crippen LogP contribution in [0.4, 0.5) is 18.3 Å². The van der Waals surface area contributed by atoms with E-state index >= 15 is 0 Å². The van der Waals surface area contributed by atoms with Crippen LogP contribution in [-0.2, 0) is 0 Å². The fourth-order valence-corrected chi connectivity index (χ4v) is 2.89. The fraction of sp³-hybridized carbons (Fsp3) is 0.818. The lowest BCUT2D eigenvalue weighted by molar-refractivity contribution is -0.175. The minimum Gasteiger partial charge on any atom is -0.346 e. The molecule has 0 N–H and O–H groups in total. The first-order valence-electron chi connectivity index (χ1n) is 6.03. The van der Waals surface area contributed by atoms with E-state index in [1.165, 1.54) is 11.3 Å². The van der Waals surface area contributed by atoms with Gasteiger partial charge in [0.05, 0.1) is 5.92 Å². The molecule has 1 aliphatic rings. The van der Waals surface area contributed by atoms with Crippen molar-refractivity contribution in [2.45, 2.75) is 38.8 Å². The second kappa shape index (κ2) is 5.03. The van der Waals surface area contributed by atoms with Gasteiger partial charge in [0.1, 0.15) is 5.01 Å². The Balaban J connectivity index is 2.08. The van der Waals surface area contributed by atoms with Gasteiger partial charge < -0.3 is 4.90 Å². The van der Waals surface area contributed by atoms with Gasteiger partial charge in [-0.25, -0.2) is 0 Å². The fourth-order valence-electron chi connectivity index (χ4n) is 2.01. The molecule has 1 aromatic rings.